The van der Waals surface area contributed by atoms with E-state index < -0.39 is 5.91 Å². The van der Waals surface area contributed by atoms with E-state index in [9.17, 15) is 9.90 Å². The Hall–Kier alpha value is -0.900. The normalized spacial score (nSPS) is 29.8. The van der Waals surface area contributed by atoms with Gasteiger partial charge in [-0.3, -0.25) is 4.79 Å². The molecule has 1 saturated carbocycles. The van der Waals surface area contributed by atoms with Crippen molar-refractivity contribution < 1.29 is 9.90 Å². The smallest absolute Gasteiger partial charge is 0.269 e. The van der Waals surface area contributed by atoms with E-state index in [2.05, 4.69) is 10.6 Å². The second kappa shape index (κ2) is 2.55. The Bertz CT molecular complexity index is 260. The Morgan fingerprint density at radius 3 is 2.58 bits per heavy atom. The largest absolute Gasteiger partial charge is 0.494 e. The van der Waals surface area contributed by atoms with E-state index in [4.69, 9.17) is 11.6 Å². The van der Waals surface area contributed by atoms with E-state index in [0.717, 1.165) is 12.8 Å². The zero-order valence-corrected chi connectivity index (χ0v) is 7.06. The predicted octanol–water partition coefficient (Wildman–Crippen LogP) is 0.408. The maximum absolute atomic E-state index is 11.0. The molecule has 12 heavy (non-hydrogen) atoms. The van der Waals surface area contributed by atoms with E-state index in [1.54, 1.807) is 0 Å². The van der Waals surface area contributed by atoms with E-state index in [1.165, 1.54) is 0 Å². The molecule has 0 bridgehead atoms. The van der Waals surface area contributed by atoms with Gasteiger partial charge in [0.05, 0.1) is 0 Å². The molecule has 0 radical (unpaired) electrons. The summed E-state index contributed by atoms with van der Waals surface area (Å²) in [5.74, 6) is -0.164. The van der Waals surface area contributed by atoms with Crippen LogP contribution in [0.15, 0.2) is 10.9 Å². The van der Waals surface area contributed by atoms with Gasteiger partial charge in [-0.2, -0.15) is 0 Å². The van der Waals surface area contributed by atoms with Crippen LogP contribution in [0, 0.1) is 5.92 Å². The zero-order chi connectivity index (χ0) is 8.72. The van der Waals surface area contributed by atoms with Gasteiger partial charge in [0.25, 0.3) is 5.91 Å². The standard InChI is InChI=1S/C7H9ClN2O2/c8-4-6(11)9-5(3-1-2-3)10-7(4)12/h3,5,9,11H,1-2H2,(H,10,12). The summed E-state index contributed by atoms with van der Waals surface area (Å²) < 4.78 is 0. The van der Waals surface area contributed by atoms with E-state index >= 15 is 0 Å². The quantitative estimate of drug-likeness (QED) is 0.559. The minimum Gasteiger partial charge on any atom is -0.494 e. The first-order chi connectivity index (χ1) is 5.68. The number of carbonyl (C=O) groups excluding carboxylic acids is 1. The Balaban J connectivity index is 2.13. The number of hydrogen-bond acceptors (Lipinski definition) is 3. The fraction of sp³-hybridized carbons (Fsp3) is 0.571. The van der Waals surface area contributed by atoms with Crippen LogP contribution >= 0.6 is 11.6 Å². The lowest BCUT2D eigenvalue weighted by molar-refractivity contribution is -0.118. The molecule has 1 fully saturated rings. The van der Waals surface area contributed by atoms with Gasteiger partial charge in [-0.1, -0.05) is 11.6 Å². The fourth-order valence-corrected chi connectivity index (χ4v) is 1.33. The predicted molar refractivity (Wildman–Crippen MR) is 43.3 cm³/mol. The number of carbonyl (C=O) groups is 1. The van der Waals surface area contributed by atoms with Gasteiger partial charge in [0.2, 0.25) is 5.88 Å². The van der Waals surface area contributed by atoms with Gasteiger partial charge in [-0.15, -0.1) is 0 Å². The highest BCUT2D eigenvalue weighted by atomic mass is 35.5. The molecule has 5 heteroatoms. The first kappa shape index (κ1) is 7.73. The van der Waals surface area contributed by atoms with Crippen molar-refractivity contribution in [2.24, 2.45) is 5.92 Å². The van der Waals surface area contributed by atoms with Gasteiger partial charge in [0.1, 0.15) is 6.17 Å². The third-order valence-corrected chi connectivity index (χ3v) is 2.43. The zero-order valence-electron chi connectivity index (χ0n) is 6.30. The van der Waals surface area contributed by atoms with Gasteiger partial charge in [0, 0.05) is 0 Å². The molecule has 1 amide bonds. The maximum Gasteiger partial charge on any atom is 0.269 e. The summed E-state index contributed by atoms with van der Waals surface area (Å²) in [6.45, 7) is 0. The fourth-order valence-electron chi connectivity index (χ4n) is 1.22. The van der Waals surface area contributed by atoms with Crippen LogP contribution in [-0.2, 0) is 4.79 Å². The van der Waals surface area contributed by atoms with Crippen LogP contribution < -0.4 is 10.6 Å². The summed E-state index contributed by atoms with van der Waals surface area (Å²) in [6.07, 6.45) is 2.03. The number of nitrogens with one attached hydrogen (secondary N) is 2. The second-order valence-electron chi connectivity index (χ2n) is 3.10. The van der Waals surface area contributed by atoms with Gasteiger partial charge in [0.15, 0.2) is 5.03 Å². The molecule has 0 spiro atoms. The molecule has 4 nitrogen and oxygen atoms in total. The van der Waals surface area contributed by atoms with Gasteiger partial charge < -0.3 is 15.7 Å². The number of aliphatic hydroxyl groups excluding tert-OH is 1. The van der Waals surface area contributed by atoms with E-state index in [0.29, 0.717) is 5.92 Å². The Kier molecular flexibility index (Phi) is 1.65. The lowest BCUT2D eigenvalue weighted by atomic mass is 10.2. The van der Waals surface area contributed by atoms with Crippen LogP contribution in [0.4, 0.5) is 0 Å². The maximum atomic E-state index is 11.0. The molecule has 1 aliphatic carbocycles. The summed E-state index contributed by atoms with van der Waals surface area (Å²) >= 11 is 5.46. The molecule has 3 N–H and O–H groups in total. The van der Waals surface area contributed by atoms with Crippen molar-refractivity contribution in [1.29, 1.82) is 0 Å². The molecule has 1 unspecified atom stereocenters. The molecular weight excluding hydrogens is 180 g/mol. The number of aliphatic hydroxyl groups is 1. The monoisotopic (exact) mass is 188 g/mol. The molecule has 0 aromatic carbocycles. The molecule has 1 atom stereocenters. The van der Waals surface area contributed by atoms with Crippen molar-refractivity contribution in [2.45, 2.75) is 19.0 Å². The van der Waals surface area contributed by atoms with Crippen molar-refractivity contribution in [1.82, 2.24) is 10.6 Å². The van der Waals surface area contributed by atoms with Crippen LogP contribution in [0.25, 0.3) is 0 Å². The number of rotatable bonds is 1. The van der Waals surface area contributed by atoms with Crippen LogP contribution in [-0.4, -0.2) is 17.2 Å². The SMILES string of the molecule is O=C1NC(C2CC2)NC(O)=C1Cl. The van der Waals surface area contributed by atoms with Gasteiger partial charge in [-0.25, -0.2) is 0 Å². The minimum absolute atomic E-state index is 0.139. The van der Waals surface area contributed by atoms with Crippen LogP contribution in [0.2, 0.25) is 0 Å². The lowest BCUT2D eigenvalue weighted by Gasteiger charge is -2.24. The van der Waals surface area contributed by atoms with Gasteiger partial charge >= 0.3 is 0 Å². The van der Waals surface area contributed by atoms with Gasteiger partial charge in [-0.05, 0) is 18.8 Å². The molecule has 0 aromatic rings. The number of amides is 1. The van der Waals surface area contributed by atoms with Crippen molar-refractivity contribution in [3.8, 4) is 0 Å². The highest BCUT2D eigenvalue weighted by Gasteiger charge is 2.36. The first-order valence-electron chi connectivity index (χ1n) is 3.84. The average Bonchev–Trinajstić information content (AvgIpc) is 2.81. The number of halogens is 1. The van der Waals surface area contributed by atoms with Crippen LogP contribution in [0.5, 0.6) is 0 Å². The molecule has 2 aliphatic rings. The average molecular weight is 189 g/mol. The molecule has 1 heterocycles. The summed E-state index contributed by atoms with van der Waals surface area (Å²) in [4.78, 5) is 11.0. The van der Waals surface area contributed by atoms with Crippen molar-refractivity contribution >= 4 is 17.5 Å². The highest BCUT2D eigenvalue weighted by molar-refractivity contribution is 6.42. The van der Waals surface area contributed by atoms with Crippen LogP contribution in [0.1, 0.15) is 12.8 Å². The molecule has 0 saturated heterocycles. The molecule has 66 valence electrons. The third-order valence-electron chi connectivity index (χ3n) is 2.08. The molecule has 1 aliphatic heterocycles. The lowest BCUT2D eigenvalue weighted by Crippen LogP contribution is -2.51. The highest BCUT2D eigenvalue weighted by Crippen LogP contribution is 2.33. The second-order valence-corrected chi connectivity index (χ2v) is 3.47. The van der Waals surface area contributed by atoms with E-state index in [-0.39, 0.29) is 17.1 Å². The Morgan fingerprint density at radius 2 is 2.08 bits per heavy atom. The van der Waals surface area contributed by atoms with Crippen molar-refractivity contribution in [2.75, 3.05) is 0 Å². The Labute approximate surface area is 74.6 Å². The summed E-state index contributed by atoms with van der Waals surface area (Å²) in [5.41, 5.74) is 0. The Morgan fingerprint density at radius 1 is 1.42 bits per heavy atom. The molecular formula is C7H9ClN2O2. The first-order valence-corrected chi connectivity index (χ1v) is 4.22. The number of hydrogen-bond donors (Lipinski definition) is 3. The van der Waals surface area contributed by atoms with Crippen LogP contribution in [0.3, 0.4) is 0 Å². The minimum atomic E-state index is -0.398. The summed E-state index contributed by atoms with van der Waals surface area (Å²) in [5, 5.41) is 14.4. The molecule has 2 rings (SSSR count). The third kappa shape index (κ3) is 1.22. The van der Waals surface area contributed by atoms with Crippen molar-refractivity contribution in [3.63, 3.8) is 0 Å². The topological polar surface area (TPSA) is 61.4 Å². The summed E-state index contributed by atoms with van der Waals surface area (Å²) in [7, 11) is 0. The van der Waals surface area contributed by atoms with E-state index in [1.807, 2.05) is 0 Å². The van der Waals surface area contributed by atoms with Crippen molar-refractivity contribution in [3.05, 3.63) is 10.9 Å². The molecule has 0 aromatic heterocycles. The summed E-state index contributed by atoms with van der Waals surface area (Å²) in [6, 6.07) is 0.